The maximum absolute atomic E-state index is 12.1. The maximum Gasteiger partial charge on any atom is 0.282 e. The van der Waals surface area contributed by atoms with Crippen LogP contribution in [-0.2, 0) is 4.79 Å². The Morgan fingerprint density at radius 3 is 2.55 bits per heavy atom. The van der Waals surface area contributed by atoms with Crippen LogP contribution in [0.15, 0.2) is 51.6 Å². The highest BCUT2D eigenvalue weighted by atomic mass is 79.9. The second-order valence-electron chi connectivity index (χ2n) is 4.78. The van der Waals surface area contributed by atoms with E-state index in [9.17, 15) is 4.79 Å². The van der Waals surface area contributed by atoms with E-state index in [0.717, 1.165) is 15.9 Å². The minimum atomic E-state index is -0.196. The van der Waals surface area contributed by atoms with Crippen LogP contribution in [0.2, 0.25) is 0 Å². The van der Waals surface area contributed by atoms with Crippen LogP contribution < -0.4 is 10.6 Å². The van der Waals surface area contributed by atoms with Crippen LogP contribution in [0.4, 0.5) is 5.69 Å². The number of hydrogen-bond acceptors (Lipinski definition) is 2. The van der Waals surface area contributed by atoms with Gasteiger partial charge in [0.25, 0.3) is 5.91 Å². The molecule has 2 rings (SSSR count). The third-order valence-corrected chi connectivity index (χ3v) is 3.62. The van der Waals surface area contributed by atoms with Gasteiger partial charge in [0.1, 0.15) is 6.04 Å². The lowest BCUT2D eigenvalue weighted by molar-refractivity contribution is -0.711. The quantitative estimate of drug-likeness (QED) is 0.881. The van der Waals surface area contributed by atoms with Gasteiger partial charge in [-0.15, -0.1) is 0 Å². The minimum absolute atomic E-state index is 0.0225. The van der Waals surface area contributed by atoms with Crippen LogP contribution >= 0.6 is 15.9 Å². The molecule has 0 saturated carbocycles. The molecular weight excluding hydrogens is 320 g/mol. The number of nitrogens with one attached hydrogen (secondary N) is 1. The van der Waals surface area contributed by atoms with Crippen molar-refractivity contribution in [2.45, 2.75) is 25.9 Å². The van der Waals surface area contributed by atoms with Gasteiger partial charge in [0.2, 0.25) is 0 Å². The average Bonchev–Trinajstić information content (AvgIpc) is 2.95. The van der Waals surface area contributed by atoms with Gasteiger partial charge in [-0.1, -0.05) is 15.9 Å². The SMILES string of the molecule is C[C@@H]([NH2+][C@H](C)c1ccco1)C(=O)Nc1ccc(Br)cc1. The van der Waals surface area contributed by atoms with Gasteiger partial charge in [0, 0.05) is 10.2 Å². The van der Waals surface area contributed by atoms with Crippen molar-refractivity contribution in [3.05, 3.63) is 52.9 Å². The van der Waals surface area contributed by atoms with Crippen molar-refractivity contribution >= 4 is 27.5 Å². The van der Waals surface area contributed by atoms with Crippen molar-refractivity contribution < 1.29 is 14.5 Å². The fourth-order valence-corrected chi connectivity index (χ4v) is 2.22. The van der Waals surface area contributed by atoms with Crippen molar-refractivity contribution in [1.29, 1.82) is 0 Å². The maximum atomic E-state index is 12.1. The molecule has 0 unspecified atom stereocenters. The number of halogens is 1. The highest BCUT2D eigenvalue weighted by Gasteiger charge is 2.21. The third-order valence-electron chi connectivity index (χ3n) is 3.09. The molecule has 1 amide bonds. The topological polar surface area (TPSA) is 58.9 Å². The van der Waals surface area contributed by atoms with Crippen molar-refractivity contribution in [2.24, 2.45) is 0 Å². The summed E-state index contributed by atoms with van der Waals surface area (Å²) in [6.07, 6.45) is 1.65. The number of hydrogen-bond donors (Lipinski definition) is 2. The standard InChI is InChI=1S/C15H17BrN2O2/c1-10(14-4-3-9-20-14)17-11(2)15(19)18-13-7-5-12(16)6-8-13/h3-11,17H,1-2H3,(H,18,19)/p+1/t10-,11-/m1/s1. The van der Waals surface area contributed by atoms with Gasteiger partial charge in [-0.05, 0) is 50.2 Å². The number of carbonyl (C=O) groups excluding carboxylic acids is 1. The summed E-state index contributed by atoms with van der Waals surface area (Å²) in [7, 11) is 0. The van der Waals surface area contributed by atoms with E-state index >= 15 is 0 Å². The molecule has 4 nitrogen and oxygen atoms in total. The summed E-state index contributed by atoms with van der Waals surface area (Å²) in [4.78, 5) is 12.1. The number of furan rings is 1. The molecular formula is C15H18BrN2O2+. The Kier molecular flexibility index (Phi) is 4.98. The van der Waals surface area contributed by atoms with Gasteiger partial charge in [0.05, 0.1) is 6.26 Å². The first kappa shape index (κ1) is 14.8. The molecule has 0 aliphatic rings. The van der Waals surface area contributed by atoms with Crippen molar-refractivity contribution in [1.82, 2.24) is 0 Å². The van der Waals surface area contributed by atoms with E-state index in [2.05, 4.69) is 21.2 Å². The van der Waals surface area contributed by atoms with E-state index in [-0.39, 0.29) is 18.0 Å². The molecule has 1 heterocycles. The fourth-order valence-electron chi connectivity index (χ4n) is 1.95. The first-order valence-electron chi connectivity index (χ1n) is 6.51. The zero-order valence-electron chi connectivity index (χ0n) is 11.5. The van der Waals surface area contributed by atoms with Gasteiger partial charge in [-0.25, -0.2) is 0 Å². The minimum Gasteiger partial charge on any atom is -0.463 e. The Bertz CT molecular complexity index is 552. The van der Waals surface area contributed by atoms with Crippen LogP contribution in [0.3, 0.4) is 0 Å². The van der Waals surface area contributed by atoms with Crippen LogP contribution in [0, 0.1) is 0 Å². The zero-order chi connectivity index (χ0) is 14.5. The summed E-state index contributed by atoms with van der Waals surface area (Å²) in [5.41, 5.74) is 0.795. The lowest BCUT2D eigenvalue weighted by atomic mass is 10.2. The third kappa shape index (κ3) is 3.95. The first-order chi connectivity index (χ1) is 9.56. The molecule has 2 atom stereocenters. The van der Waals surface area contributed by atoms with Gasteiger partial charge >= 0.3 is 0 Å². The summed E-state index contributed by atoms with van der Waals surface area (Å²) in [5.74, 6) is 0.846. The second kappa shape index (κ2) is 6.72. The van der Waals surface area contributed by atoms with Crippen LogP contribution in [-0.4, -0.2) is 11.9 Å². The summed E-state index contributed by atoms with van der Waals surface area (Å²) in [6, 6.07) is 11.2. The Morgan fingerprint density at radius 2 is 1.95 bits per heavy atom. The highest BCUT2D eigenvalue weighted by molar-refractivity contribution is 9.10. The van der Waals surface area contributed by atoms with Gasteiger partial charge < -0.3 is 15.1 Å². The van der Waals surface area contributed by atoms with Crippen molar-refractivity contribution in [3.8, 4) is 0 Å². The molecule has 0 spiro atoms. The largest absolute Gasteiger partial charge is 0.463 e. The highest BCUT2D eigenvalue weighted by Crippen LogP contribution is 2.14. The lowest BCUT2D eigenvalue weighted by Gasteiger charge is -2.15. The molecule has 1 aromatic carbocycles. The summed E-state index contributed by atoms with van der Waals surface area (Å²) in [5, 5.41) is 4.88. The second-order valence-corrected chi connectivity index (χ2v) is 5.70. The number of rotatable bonds is 5. The predicted octanol–water partition coefficient (Wildman–Crippen LogP) is 2.69. The van der Waals surface area contributed by atoms with E-state index in [0.29, 0.717) is 0 Å². The first-order valence-corrected chi connectivity index (χ1v) is 7.30. The van der Waals surface area contributed by atoms with Gasteiger partial charge in [-0.3, -0.25) is 4.79 Å². The van der Waals surface area contributed by atoms with Gasteiger partial charge in [-0.2, -0.15) is 0 Å². The average molecular weight is 338 g/mol. The molecule has 0 saturated heterocycles. The molecule has 20 heavy (non-hydrogen) atoms. The van der Waals surface area contributed by atoms with E-state index < -0.39 is 0 Å². The number of nitrogens with two attached hydrogens (primary N) is 1. The molecule has 0 radical (unpaired) electrons. The van der Waals surface area contributed by atoms with E-state index in [1.807, 2.05) is 55.6 Å². The Morgan fingerprint density at radius 1 is 1.25 bits per heavy atom. The Hall–Kier alpha value is -1.59. The molecule has 0 bridgehead atoms. The Labute approximate surface area is 126 Å². The molecule has 0 aliphatic carbocycles. The zero-order valence-corrected chi connectivity index (χ0v) is 13.1. The monoisotopic (exact) mass is 337 g/mol. The number of quaternary nitrogens is 1. The Balaban J connectivity index is 1.90. The van der Waals surface area contributed by atoms with Crippen molar-refractivity contribution in [2.75, 3.05) is 5.32 Å². The van der Waals surface area contributed by atoms with Crippen LogP contribution in [0.1, 0.15) is 25.6 Å². The molecule has 5 heteroatoms. The number of anilines is 1. The van der Waals surface area contributed by atoms with E-state index in [1.54, 1.807) is 6.26 Å². The molecule has 1 aromatic heterocycles. The van der Waals surface area contributed by atoms with Gasteiger partial charge in [0.15, 0.2) is 11.8 Å². The van der Waals surface area contributed by atoms with Crippen LogP contribution in [0.25, 0.3) is 0 Å². The summed E-state index contributed by atoms with van der Waals surface area (Å²) in [6.45, 7) is 3.90. The number of carbonyl (C=O) groups is 1. The van der Waals surface area contributed by atoms with Crippen LogP contribution in [0.5, 0.6) is 0 Å². The molecule has 3 N–H and O–H groups in total. The molecule has 0 fully saturated rings. The number of benzene rings is 1. The molecule has 106 valence electrons. The summed E-state index contributed by atoms with van der Waals surface area (Å²) < 4.78 is 6.33. The lowest BCUT2D eigenvalue weighted by Crippen LogP contribution is -2.91. The predicted molar refractivity (Wildman–Crippen MR) is 81.3 cm³/mol. The normalized spacial score (nSPS) is 13.8. The van der Waals surface area contributed by atoms with E-state index in [4.69, 9.17) is 4.42 Å². The number of amides is 1. The van der Waals surface area contributed by atoms with Crippen molar-refractivity contribution in [3.63, 3.8) is 0 Å². The molecule has 2 aromatic rings. The summed E-state index contributed by atoms with van der Waals surface area (Å²) >= 11 is 3.37. The smallest absolute Gasteiger partial charge is 0.282 e. The molecule has 0 aliphatic heterocycles. The van der Waals surface area contributed by atoms with E-state index in [1.165, 1.54) is 0 Å². The fraction of sp³-hybridized carbons (Fsp3) is 0.267.